The van der Waals surface area contributed by atoms with Crippen molar-refractivity contribution in [2.45, 2.75) is 25.7 Å². The molecule has 2 saturated carbocycles. The second-order valence-electron chi connectivity index (χ2n) is 8.10. The topological polar surface area (TPSA) is 92.5 Å². The van der Waals surface area contributed by atoms with Crippen molar-refractivity contribution in [3.8, 4) is 0 Å². The summed E-state index contributed by atoms with van der Waals surface area (Å²) in [7, 11) is 0. The van der Waals surface area contributed by atoms with Crippen molar-refractivity contribution in [1.29, 1.82) is 0 Å². The largest absolute Gasteiger partial charge is 0.360 e. The van der Waals surface area contributed by atoms with Gasteiger partial charge in [-0.15, -0.1) is 0 Å². The Morgan fingerprint density at radius 2 is 1.93 bits per heavy atom. The number of amides is 3. The molecule has 2 aliphatic carbocycles. The highest BCUT2D eigenvalue weighted by Crippen LogP contribution is 2.61. The Bertz CT molecular complexity index is 954. The molecule has 3 fully saturated rings. The van der Waals surface area contributed by atoms with Gasteiger partial charge < -0.3 is 9.84 Å². The van der Waals surface area contributed by atoms with Crippen molar-refractivity contribution >= 4 is 23.5 Å². The van der Waals surface area contributed by atoms with Gasteiger partial charge in [0.25, 0.3) is 0 Å². The number of fused-ring (bicyclic) bond motifs is 5. The van der Waals surface area contributed by atoms with E-state index in [-0.39, 0.29) is 47.8 Å². The third-order valence-electron chi connectivity index (χ3n) is 6.53. The number of rotatable bonds is 4. The molecule has 0 radical (unpaired) electrons. The normalized spacial score (nSPS) is 30.8. The molecule has 2 aromatic rings. The van der Waals surface area contributed by atoms with E-state index in [0.29, 0.717) is 11.7 Å². The fraction of sp³-hybridized carbons (Fsp3) is 0.429. The van der Waals surface area contributed by atoms with Crippen LogP contribution in [0.5, 0.6) is 0 Å². The van der Waals surface area contributed by atoms with E-state index in [1.165, 1.54) is 5.56 Å². The van der Waals surface area contributed by atoms with Crippen LogP contribution in [0, 0.1) is 30.6 Å². The molecular weight excluding hydrogens is 358 g/mol. The number of nitrogens with one attached hydrogen (secondary N) is 1. The highest BCUT2D eigenvalue weighted by molar-refractivity contribution is 6.09. The molecular formula is C21H21N3O4. The van der Waals surface area contributed by atoms with E-state index in [1.54, 1.807) is 13.0 Å². The molecule has 3 aliphatic rings. The molecule has 2 bridgehead atoms. The minimum Gasteiger partial charge on any atom is -0.360 e. The lowest BCUT2D eigenvalue weighted by Gasteiger charge is -2.28. The highest BCUT2D eigenvalue weighted by atomic mass is 16.5. The van der Waals surface area contributed by atoms with Crippen LogP contribution in [0.4, 0.5) is 5.82 Å². The molecule has 2 heterocycles. The molecule has 5 atom stereocenters. The molecule has 0 spiro atoms. The van der Waals surface area contributed by atoms with Gasteiger partial charge in [-0.2, -0.15) is 0 Å². The molecule has 5 unspecified atom stereocenters. The number of imide groups is 1. The Balaban J connectivity index is 1.32. The van der Waals surface area contributed by atoms with Crippen LogP contribution in [0.25, 0.3) is 0 Å². The minimum atomic E-state index is -0.443. The van der Waals surface area contributed by atoms with Crippen molar-refractivity contribution < 1.29 is 18.9 Å². The molecule has 1 N–H and O–H groups in total. The monoisotopic (exact) mass is 379 g/mol. The summed E-state index contributed by atoms with van der Waals surface area (Å²) in [5, 5.41) is 6.29. The van der Waals surface area contributed by atoms with E-state index < -0.39 is 5.91 Å². The molecule has 7 nitrogen and oxygen atoms in total. The minimum absolute atomic E-state index is 0.181. The summed E-state index contributed by atoms with van der Waals surface area (Å²) in [6, 6.07) is 11.8. The predicted molar refractivity (Wildman–Crippen MR) is 99.0 cm³/mol. The number of hydrogen-bond donors (Lipinski definition) is 1. The molecule has 1 aliphatic heterocycles. The van der Waals surface area contributed by atoms with Crippen molar-refractivity contribution in [2.75, 3.05) is 11.9 Å². The maximum absolute atomic E-state index is 13.0. The van der Waals surface area contributed by atoms with Gasteiger partial charge in [0.05, 0.1) is 11.8 Å². The molecule has 28 heavy (non-hydrogen) atoms. The Morgan fingerprint density at radius 1 is 1.18 bits per heavy atom. The molecule has 3 amide bonds. The number of nitrogens with zero attached hydrogens (tertiary/aromatic N) is 2. The first-order chi connectivity index (χ1) is 13.5. The standard InChI is InChI=1S/C21H21N3O4/c1-11-7-16(23-28-11)22-17(25)10-24-20(26)18-13-8-14(12-5-3-2-4-6-12)15(9-13)19(18)21(24)27/h2-7,13-15,18-19H,8-10H2,1H3,(H,22,23,25). The molecule has 1 aromatic heterocycles. The highest BCUT2D eigenvalue weighted by Gasteiger charge is 2.63. The van der Waals surface area contributed by atoms with Gasteiger partial charge in [-0.3, -0.25) is 19.3 Å². The van der Waals surface area contributed by atoms with Crippen LogP contribution in [0.15, 0.2) is 40.9 Å². The average molecular weight is 379 g/mol. The quantitative estimate of drug-likeness (QED) is 0.823. The lowest BCUT2D eigenvalue weighted by molar-refractivity contribution is -0.143. The maximum atomic E-state index is 13.0. The van der Waals surface area contributed by atoms with E-state index in [0.717, 1.165) is 17.7 Å². The summed E-state index contributed by atoms with van der Waals surface area (Å²) in [5.41, 5.74) is 1.24. The third-order valence-corrected chi connectivity index (χ3v) is 6.53. The van der Waals surface area contributed by atoms with E-state index in [4.69, 9.17) is 4.52 Å². The van der Waals surface area contributed by atoms with Crippen LogP contribution in [-0.2, 0) is 14.4 Å². The smallest absolute Gasteiger partial charge is 0.245 e. The number of carbonyl (C=O) groups is 3. The van der Waals surface area contributed by atoms with Gasteiger partial charge in [-0.1, -0.05) is 35.5 Å². The number of aryl methyl sites for hydroxylation is 1. The lowest BCUT2D eigenvalue weighted by atomic mass is 9.73. The summed E-state index contributed by atoms with van der Waals surface area (Å²) in [4.78, 5) is 39.4. The van der Waals surface area contributed by atoms with Gasteiger partial charge in [-0.05, 0) is 43.1 Å². The van der Waals surface area contributed by atoms with Crippen LogP contribution >= 0.6 is 0 Å². The van der Waals surface area contributed by atoms with E-state index in [9.17, 15) is 14.4 Å². The summed E-state index contributed by atoms with van der Waals surface area (Å²) in [6.45, 7) is 1.45. The molecule has 144 valence electrons. The van der Waals surface area contributed by atoms with Crippen LogP contribution < -0.4 is 5.32 Å². The van der Waals surface area contributed by atoms with Gasteiger partial charge in [0.2, 0.25) is 17.7 Å². The predicted octanol–water partition coefficient (Wildman–Crippen LogP) is 2.35. The Kier molecular flexibility index (Phi) is 3.86. The van der Waals surface area contributed by atoms with Gasteiger partial charge in [0, 0.05) is 6.07 Å². The molecule has 1 saturated heterocycles. The summed E-state index contributed by atoms with van der Waals surface area (Å²) in [5.74, 6) is 0.182. The zero-order valence-electron chi connectivity index (χ0n) is 15.5. The van der Waals surface area contributed by atoms with Crippen LogP contribution in [0.1, 0.15) is 30.1 Å². The second-order valence-corrected chi connectivity index (χ2v) is 8.10. The zero-order chi connectivity index (χ0) is 19.4. The first-order valence-electron chi connectivity index (χ1n) is 9.66. The fourth-order valence-electron chi connectivity index (χ4n) is 5.51. The first kappa shape index (κ1) is 17.2. The number of anilines is 1. The lowest BCUT2D eigenvalue weighted by Crippen LogP contribution is -2.39. The first-order valence-corrected chi connectivity index (χ1v) is 9.66. The van der Waals surface area contributed by atoms with Crippen molar-refractivity contribution in [3.63, 3.8) is 0 Å². The van der Waals surface area contributed by atoms with Crippen LogP contribution in [-0.4, -0.2) is 34.3 Å². The Labute approximate surface area is 162 Å². The summed E-state index contributed by atoms with van der Waals surface area (Å²) >= 11 is 0. The summed E-state index contributed by atoms with van der Waals surface area (Å²) < 4.78 is 4.92. The Hall–Kier alpha value is -2.96. The van der Waals surface area contributed by atoms with E-state index in [2.05, 4.69) is 22.6 Å². The summed E-state index contributed by atoms with van der Waals surface area (Å²) in [6.07, 6.45) is 1.86. The second kappa shape index (κ2) is 6.29. The number of carbonyl (C=O) groups excluding carboxylic acids is 3. The van der Waals surface area contributed by atoms with Gasteiger partial charge in [0.1, 0.15) is 12.3 Å². The number of aromatic nitrogens is 1. The van der Waals surface area contributed by atoms with Crippen molar-refractivity contribution in [3.05, 3.63) is 47.7 Å². The molecule has 1 aromatic carbocycles. The SMILES string of the molecule is Cc1cc(NC(=O)CN2C(=O)C3C4CC(c5ccccc5)C(C4)C3C2=O)no1. The number of likely N-dealkylation sites (tertiary alicyclic amines) is 1. The maximum Gasteiger partial charge on any atom is 0.245 e. The number of hydrogen-bond acceptors (Lipinski definition) is 5. The van der Waals surface area contributed by atoms with Crippen molar-refractivity contribution in [1.82, 2.24) is 10.1 Å². The van der Waals surface area contributed by atoms with E-state index >= 15 is 0 Å². The third kappa shape index (κ3) is 2.57. The molecule has 5 rings (SSSR count). The average Bonchev–Trinajstić information content (AvgIpc) is 3.43. The Morgan fingerprint density at radius 3 is 2.64 bits per heavy atom. The fourth-order valence-corrected chi connectivity index (χ4v) is 5.51. The zero-order valence-corrected chi connectivity index (χ0v) is 15.5. The van der Waals surface area contributed by atoms with Crippen LogP contribution in [0.3, 0.4) is 0 Å². The van der Waals surface area contributed by atoms with Gasteiger partial charge in [-0.25, -0.2) is 0 Å². The molecule has 7 heteroatoms. The van der Waals surface area contributed by atoms with Crippen molar-refractivity contribution in [2.24, 2.45) is 23.7 Å². The van der Waals surface area contributed by atoms with E-state index in [1.807, 2.05) is 18.2 Å². The number of benzene rings is 1. The van der Waals surface area contributed by atoms with Gasteiger partial charge in [0.15, 0.2) is 5.82 Å². The van der Waals surface area contributed by atoms with Crippen LogP contribution in [0.2, 0.25) is 0 Å². The van der Waals surface area contributed by atoms with Gasteiger partial charge >= 0.3 is 0 Å².